The zero-order chi connectivity index (χ0) is 10.1. The Balaban J connectivity index is 2.52. The summed E-state index contributed by atoms with van der Waals surface area (Å²) in [7, 11) is 0. The molecule has 0 fully saturated rings. The third-order valence-corrected chi connectivity index (χ3v) is 2.17. The van der Waals surface area contributed by atoms with Crippen LogP contribution < -0.4 is 5.43 Å². The van der Waals surface area contributed by atoms with Gasteiger partial charge in [0.15, 0.2) is 0 Å². The van der Waals surface area contributed by atoms with Crippen molar-refractivity contribution in [1.29, 1.82) is 0 Å². The van der Waals surface area contributed by atoms with Gasteiger partial charge in [-0.2, -0.15) is 0 Å². The van der Waals surface area contributed by atoms with E-state index in [4.69, 9.17) is 11.6 Å². The van der Waals surface area contributed by atoms with Gasteiger partial charge in [0.25, 0.3) is 0 Å². The van der Waals surface area contributed by atoms with Crippen LogP contribution in [0.25, 0.3) is 10.9 Å². The van der Waals surface area contributed by atoms with E-state index in [1.807, 2.05) is 18.2 Å². The lowest BCUT2D eigenvalue weighted by molar-refractivity contribution is -0.115. The van der Waals surface area contributed by atoms with Crippen molar-refractivity contribution in [2.75, 3.05) is 5.43 Å². The molecule has 0 saturated heterocycles. The Bertz CT molecular complexity index is 490. The van der Waals surface area contributed by atoms with Gasteiger partial charge in [0.05, 0.1) is 5.52 Å². The van der Waals surface area contributed by atoms with Crippen LogP contribution in [0, 0.1) is 0 Å². The Morgan fingerprint density at radius 1 is 1.43 bits per heavy atom. The molecule has 1 aromatic carbocycles. The highest BCUT2D eigenvalue weighted by Crippen LogP contribution is 2.19. The molecule has 0 aliphatic heterocycles. The summed E-state index contributed by atoms with van der Waals surface area (Å²) in [5.41, 5.74) is 3.62. The van der Waals surface area contributed by atoms with E-state index in [0.717, 1.165) is 10.9 Å². The summed E-state index contributed by atoms with van der Waals surface area (Å²) in [6.45, 7) is 1.47. The molecule has 3 nitrogen and oxygen atoms in total. The third-order valence-electron chi connectivity index (χ3n) is 1.93. The van der Waals surface area contributed by atoms with Crippen molar-refractivity contribution in [1.82, 2.24) is 4.68 Å². The van der Waals surface area contributed by atoms with Crippen LogP contribution in [0.3, 0.4) is 0 Å². The van der Waals surface area contributed by atoms with E-state index in [2.05, 4.69) is 5.43 Å². The second-order valence-corrected chi connectivity index (χ2v) is 3.49. The smallest absolute Gasteiger partial charge is 0.235 e. The first-order valence-electron chi connectivity index (χ1n) is 4.21. The van der Waals surface area contributed by atoms with E-state index in [9.17, 15) is 4.79 Å². The quantitative estimate of drug-likeness (QED) is 0.767. The second kappa shape index (κ2) is 3.35. The predicted octanol–water partition coefficient (Wildman–Crippen LogP) is 2.38. The molecule has 72 valence electrons. The molecule has 1 aromatic heterocycles. The van der Waals surface area contributed by atoms with Crippen LogP contribution in [-0.2, 0) is 4.79 Å². The minimum Gasteiger partial charge on any atom is -0.274 e. The van der Waals surface area contributed by atoms with Crippen molar-refractivity contribution >= 4 is 28.4 Å². The summed E-state index contributed by atoms with van der Waals surface area (Å²) in [4.78, 5) is 10.9. The molecule has 0 radical (unpaired) electrons. The lowest BCUT2D eigenvalue weighted by Gasteiger charge is -2.04. The number of carbonyl (C=O) groups is 1. The Morgan fingerprint density at radius 3 is 2.93 bits per heavy atom. The number of amides is 1. The Hall–Kier alpha value is -1.48. The van der Waals surface area contributed by atoms with E-state index in [0.29, 0.717) is 5.02 Å². The van der Waals surface area contributed by atoms with Crippen LogP contribution in [0.15, 0.2) is 30.5 Å². The Kier molecular flexibility index (Phi) is 2.17. The summed E-state index contributed by atoms with van der Waals surface area (Å²) in [5.74, 6) is -0.0996. The van der Waals surface area contributed by atoms with Gasteiger partial charge in [0.1, 0.15) is 0 Å². The summed E-state index contributed by atoms with van der Waals surface area (Å²) in [5, 5.41) is 1.70. The molecule has 14 heavy (non-hydrogen) atoms. The molecule has 0 bridgehead atoms. The van der Waals surface area contributed by atoms with Gasteiger partial charge in [-0.3, -0.25) is 14.9 Å². The SMILES string of the molecule is CC(=O)Nn1ccc2cc(Cl)ccc21. The van der Waals surface area contributed by atoms with Crippen LogP contribution >= 0.6 is 11.6 Å². The number of carbonyl (C=O) groups excluding carboxylic acids is 1. The number of benzene rings is 1. The second-order valence-electron chi connectivity index (χ2n) is 3.06. The summed E-state index contributed by atoms with van der Waals surface area (Å²) < 4.78 is 1.67. The Morgan fingerprint density at radius 2 is 2.21 bits per heavy atom. The average Bonchev–Trinajstić information content (AvgIpc) is 2.47. The van der Waals surface area contributed by atoms with Crippen molar-refractivity contribution in [3.8, 4) is 0 Å². The maximum Gasteiger partial charge on any atom is 0.235 e. The van der Waals surface area contributed by atoms with Gasteiger partial charge in [-0.15, -0.1) is 0 Å². The van der Waals surface area contributed by atoms with Gasteiger partial charge in [0, 0.05) is 23.5 Å². The van der Waals surface area contributed by atoms with Crippen LogP contribution in [0.2, 0.25) is 5.02 Å². The molecule has 0 spiro atoms. The van der Waals surface area contributed by atoms with Crippen LogP contribution in [0.5, 0.6) is 0 Å². The van der Waals surface area contributed by atoms with Gasteiger partial charge < -0.3 is 0 Å². The molecule has 0 unspecified atom stereocenters. The van der Waals surface area contributed by atoms with Gasteiger partial charge in [0.2, 0.25) is 5.91 Å². The van der Waals surface area contributed by atoms with Gasteiger partial charge >= 0.3 is 0 Å². The topological polar surface area (TPSA) is 34.0 Å². The molecule has 1 heterocycles. The molecule has 0 saturated carbocycles. The number of halogens is 1. The maximum absolute atomic E-state index is 10.9. The standard InChI is InChI=1S/C10H9ClN2O/c1-7(14)12-13-5-4-8-6-9(11)2-3-10(8)13/h2-6H,1H3,(H,12,14). The lowest BCUT2D eigenvalue weighted by atomic mass is 10.2. The molecule has 2 rings (SSSR count). The molecule has 1 N–H and O–H groups in total. The number of nitrogens with zero attached hydrogens (tertiary/aromatic N) is 1. The molecular formula is C10H9ClN2O. The van der Waals surface area contributed by atoms with E-state index < -0.39 is 0 Å². The summed E-state index contributed by atoms with van der Waals surface area (Å²) >= 11 is 5.84. The zero-order valence-corrected chi connectivity index (χ0v) is 8.38. The molecule has 2 aromatic rings. The maximum atomic E-state index is 10.9. The largest absolute Gasteiger partial charge is 0.274 e. The van der Waals surface area contributed by atoms with Gasteiger partial charge in [-0.25, -0.2) is 0 Å². The Labute approximate surface area is 86.2 Å². The fourth-order valence-corrected chi connectivity index (χ4v) is 1.56. The highest BCUT2D eigenvalue weighted by Gasteiger charge is 2.01. The van der Waals surface area contributed by atoms with Gasteiger partial charge in [-0.1, -0.05) is 11.6 Å². The molecular weight excluding hydrogens is 200 g/mol. The van der Waals surface area contributed by atoms with Crippen LogP contribution in [-0.4, -0.2) is 10.6 Å². The van der Waals surface area contributed by atoms with Crippen molar-refractivity contribution in [2.45, 2.75) is 6.92 Å². The first kappa shape index (κ1) is 9.09. The predicted molar refractivity (Wildman–Crippen MR) is 57.0 cm³/mol. The molecule has 0 aliphatic rings. The number of hydrogen-bond donors (Lipinski definition) is 1. The normalized spacial score (nSPS) is 10.4. The third kappa shape index (κ3) is 1.59. The minimum atomic E-state index is -0.0996. The van der Waals surface area contributed by atoms with Crippen molar-refractivity contribution < 1.29 is 4.79 Å². The summed E-state index contributed by atoms with van der Waals surface area (Å²) in [6.07, 6.45) is 1.79. The average molecular weight is 209 g/mol. The van der Waals surface area contributed by atoms with E-state index in [1.165, 1.54) is 6.92 Å². The molecule has 1 amide bonds. The lowest BCUT2D eigenvalue weighted by Crippen LogP contribution is -2.18. The number of fused-ring (bicyclic) bond motifs is 1. The van der Waals surface area contributed by atoms with Crippen molar-refractivity contribution in [3.63, 3.8) is 0 Å². The fourth-order valence-electron chi connectivity index (χ4n) is 1.38. The molecule has 0 aliphatic carbocycles. The highest BCUT2D eigenvalue weighted by molar-refractivity contribution is 6.31. The first-order chi connectivity index (χ1) is 6.66. The van der Waals surface area contributed by atoms with Crippen molar-refractivity contribution in [3.05, 3.63) is 35.5 Å². The highest BCUT2D eigenvalue weighted by atomic mass is 35.5. The molecule has 0 atom stereocenters. The first-order valence-corrected chi connectivity index (χ1v) is 4.59. The van der Waals surface area contributed by atoms with Crippen LogP contribution in [0.4, 0.5) is 0 Å². The van der Waals surface area contributed by atoms with Crippen molar-refractivity contribution in [2.24, 2.45) is 0 Å². The summed E-state index contributed by atoms with van der Waals surface area (Å²) in [6, 6.07) is 7.42. The zero-order valence-electron chi connectivity index (χ0n) is 7.62. The number of hydrogen-bond acceptors (Lipinski definition) is 1. The van der Waals surface area contributed by atoms with E-state index in [-0.39, 0.29) is 5.91 Å². The van der Waals surface area contributed by atoms with E-state index >= 15 is 0 Å². The monoisotopic (exact) mass is 208 g/mol. The molecule has 4 heteroatoms. The van der Waals surface area contributed by atoms with Gasteiger partial charge in [-0.05, 0) is 24.3 Å². The fraction of sp³-hybridized carbons (Fsp3) is 0.100. The number of aromatic nitrogens is 1. The minimum absolute atomic E-state index is 0.0996. The number of nitrogens with one attached hydrogen (secondary N) is 1. The van der Waals surface area contributed by atoms with Crippen LogP contribution in [0.1, 0.15) is 6.92 Å². The van der Waals surface area contributed by atoms with E-state index in [1.54, 1.807) is 16.9 Å². The number of rotatable bonds is 1.